The molecule has 0 spiro atoms. The summed E-state index contributed by atoms with van der Waals surface area (Å²) in [7, 11) is 0. The minimum atomic E-state index is -0.638. The van der Waals surface area contributed by atoms with Crippen molar-refractivity contribution in [2.75, 3.05) is 6.54 Å². The normalized spacial score (nSPS) is 11.9. The van der Waals surface area contributed by atoms with Crippen LogP contribution in [0.1, 0.15) is 18.1 Å². The highest BCUT2D eigenvalue weighted by molar-refractivity contribution is 5.95. The van der Waals surface area contributed by atoms with E-state index in [1.807, 2.05) is 30.3 Å². The van der Waals surface area contributed by atoms with E-state index in [-0.39, 0.29) is 17.6 Å². The summed E-state index contributed by atoms with van der Waals surface area (Å²) >= 11 is 0. The zero-order chi connectivity index (χ0) is 18.1. The number of amides is 2. The lowest BCUT2D eigenvalue weighted by molar-refractivity contribution is -0.126. The Morgan fingerprint density at radius 3 is 2.44 bits per heavy atom. The molecule has 0 heterocycles. The molecule has 5 heteroatoms. The number of benzene rings is 2. The van der Waals surface area contributed by atoms with Crippen molar-refractivity contribution < 1.29 is 14.0 Å². The first-order valence-corrected chi connectivity index (χ1v) is 8.10. The Labute approximate surface area is 146 Å². The molecule has 1 unspecified atom stereocenters. The summed E-state index contributed by atoms with van der Waals surface area (Å²) in [4.78, 5) is 23.8. The lowest BCUT2D eigenvalue weighted by atomic mass is 10.1. The molecule has 0 saturated carbocycles. The molecule has 130 valence electrons. The summed E-state index contributed by atoms with van der Waals surface area (Å²) in [5.41, 5.74) is 1.85. The van der Waals surface area contributed by atoms with Crippen LogP contribution in [0.25, 0.3) is 6.08 Å². The van der Waals surface area contributed by atoms with Gasteiger partial charge in [0, 0.05) is 12.6 Å². The number of carbonyl (C=O) groups excluding carboxylic acids is 2. The summed E-state index contributed by atoms with van der Waals surface area (Å²) in [6.07, 6.45) is 3.69. The van der Waals surface area contributed by atoms with Crippen LogP contribution < -0.4 is 10.6 Å². The maximum Gasteiger partial charge on any atom is 0.244 e. The van der Waals surface area contributed by atoms with Gasteiger partial charge in [-0.2, -0.15) is 0 Å². The third kappa shape index (κ3) is 6.59. The number of halogens is 1. The van der Waals surface area contributed by atoms with Crippen LogP contribution in [-0.2, 0) is 16.0 Å². The van der Waals surface area contributed by atoms with Crippen molar-refractivity contribution in [1.29, 1.82) is 0 Å². The molecule has 0 aliphatic heterocycles. The van der Waals surface area contributed by atoms with E-state index in [0.717, 1.165) is 11.1 Å². The quantitative estimate of drug-likeness (QED) is 0.762. The molecule has 2 aromatic carbocycles. The van der Waals surface area contributed by atoms with Crippen LogP contribution >= 0.6 is 0 Å². The van der Waals surface area contributed by atoms with Crippen molar-refractivity contribution in [3.05, 3.63) is 77.6 Å². The first kappa shape index (κ1) is 18.4. The Kier molecular flexibility index (Phi) is 6.89. The molecule has 0 aromatic heterocycles. The number of hydrogen-bond donors (Lipinski definition) is 2. The van der Waals surface area contributed by atoms with Crippen LogP contribution in [0.2, 0.25) is 0 Å². The van der Waals surface area contributed by atoms with Gasteiger partial charge in [0.05, 0.1) is 0 Å². The molecule has 4 nitrogen and oxygen atoms in total. The Morgan fingerprint density at radius 1 is 1.08 bits per heavy atom. The maximum atomic E-state index is 12.8. The van der Waals surface area contributed by atoms with E-state index in [0.29, 0.717) is 13.0 Å². The van der Waals surface area contributed by atoms with Gasteiger partial charge >= 0.3 is 0 Å². The molecule has 2 aromatic rings. The zero-order valence-corrected chi connectivity index (χ0v) is 14.0. The SMILES string of the molecule is CC(NC(=O)/C=C/c1ccccc1)C(=O)NCCc1ccc(F)cc1. The van der Waals surface area contributed by atoms with E-state index in [1.165, 1.54) is 18.2 Å². The van der Waals surface area contributed by atoms with Crippen molar-refractivity contribution in [3.63, 3.8) is 0 Å². The Hall–Kier alpha value is -2.95. The van der Waals surface area contributed by atoms with Gasteiger partial charge in [-0.1, -0.05) is 42.5 Å². The van der Waals surface area contributed by atoms with Crippen molar-refractivity contribution in [1.82, 2.24) is 10.6 Å². The molecule has 0 bridgehead atoms. The fourth-order valence-electron chi connectivity index (χ4n) is 2.20. The van der Waals surface area contributed by atoms with Crippen LogP contribution in [0.5, 0.6) is 0 Å². The van der Waals surface area contributed by atoms with E-state index in [1.54, 1.807) is 25.1 Å². The highest BCUT2D eigenvalue weighted by Gasteiger charge is 2.13. The second kappa shape index (κ2) is 9.37. The molecule has 2 amide bonds. The van der Waals surface area contributed by atoms with Gasteiger partial charge in [0.25, 0.3) is 0 Å². The minimum Gasteiger partial charge on any atom is -0.354 e. The predicted octanol–water partition coefficient (Wildman–Crippen LogP) is 2.70. The third-order valence-electron chi connectivity index (χ3n) is 3.60. The van der Waals surface area contributed by atoms with Gasteiger partial charge in [-0.05, 0) is 42.7 Å². The van der Waals surface area contributed by atoms with Gasteiger partial charge < -0.3 is 10.6 Å². The van der Waals surface area contributed by atoms with Crippen LogP contribution in [0, 0.1) is 5.82 Å². The topological polar surface area (TPSA) is 58.2 Å². The molecule has 0 saturated heterocycles. The van der Waals surface area contributed by atoms with Crippen LogP contribution in [0.3, 0.4) is 0 Å². The van der Waals surface area contributed by atoms with Gasteiger partial charge in [-0.15, -0.1) is 0 Å². The van der Waals surface area contributed by atoms with Crippen molar-refractivity contribution in [2.45, 2.75) is 19.4 Å². The van der Waals surface area contributed by atoms with Gasteiger partial charge in [-0.25, -0.2) is 4.39 Å². The predicted molar refractivity (Wildman–Crippen MR) is 96.2 cm³/mol. The van der Waals surface area contributed by atoms with E-state index < -0.39 is 6.04 Å². The lowest BCUT2D eigenvalue weighted by Crippen LogP contribution is -2.44. The van der Waals surface area contributed by atoms with Crippen LogP contribution in [0.15, 0.2) is 60.7 Å². The summed E-state index contributed by atoms with van der Waals surface area (Å²) < 4.78 is 12.8. The number of nitrogens with one attached hydrogen (secondary N) is 2. The molecule has 1 atom stereocenters. The van der Waals surface area contributed by atoms with Crippen molar-refractivity contribution in [2.24, 2.45) is 0 Å². The monoisotopic (exact) mass is 340 g/mol. The minimum absolute atomic E-state index is 0.261. The summed E-state index contributed by atoms with van der Waals surface area (Å²) in [5.74, 6) is -0.874. The third-order valence-corrected chi connectivity index (χ3v) is 3.60. The Balaban J connectivity index is 1.73. The van der Waals surface area contributed by atoms with E-state index in [9.17, 15) is 14.0 Å². The average molecular weight is 340 g/mol. The number of rotatable bonds is 7. The van der Waals surface area contributed by atoms with Crippen LogP contribution in [-0.4, -0.2) is 24.4 Å². The maximum absolute atomic E-state index is 12.8. The van der Waals surface area contributed by atoms with Gasteiger partial charge in [-0.3, -0.25) is 9.59 Å². The summed E-state index contributed by atoms with van der Waals surface area (Å²) in [6.45, 7) is 2.05. The molecule has 2 N–H and O–H groups in total. The molecule has 25 heavy (non-hydrogen) atoms. The van der Waals surface area contributed by atoms with Crippen LogP contribution in [0.4, 0.5) is 4.39 Å². The Bertz CT molecular complexity index is 727. The molecule has 0 aliphatic carbocycles. The summed E-state index contributed by atoms with van der Waals surface area (Å²) in [5, 5.41) is 5.37. The fourth-order valence-corrected chi connectivity index (χ4v) is 2.20. The average Bonchev–Trinajstić information content (AvgIpc) is 2.62. The second-order valence-corrected chi connectivity index (χ2v) is 5.64. The largest absolute Gasteiger partial charge is 0.354 e. The molecule has 0 radical (unpaired) electrons. The highest BCUT2D eigenvalue weighted by atomic mass is 19.1. The van der Waals surface area contributed by atoms with Crippen molar-refractivity contribution >= 4 is 17.9 Å². The van der Waals surface area contributed by atoms with E-state index >= 15 is 0 Å². The molecule has 0 fully saturated rings. The molecular formula is C20H21FN2O2. The summed E-state index contributed by atoms with van der Waals surface area (Å²) in [6, 6.07) is 14.9. The van der Waals surface area contributed by atoms with E-state index in [2.05, 4.69) is 10.6 Å². The second-order valence-electron chi connectivity index (χ2n) is 5.64. The van der Waals surface area contributed by atoms with Gasteiger partial charge in [0.1, 0.15) is 11.9 Å². The fraction of sp³-hybridized carbons (Fsp3) is 0.200. The number of carbonyl (C=O) groups is 2. The Morgan fingerprint density at radius 2 is 1.76 bits per heavy atom. The number of hydrogen-bond acceptors (Lipinski definition) is 2. The standard InChI is InChI=1S/C20H21FN2O2/c1-15(23-19(24)12-9-16-5-3-2-4-6-16)20(25)22-14-13-17-7-10-18(21)11-8-17/h2-12,15H,13-14H2,1H3,(H,22,25)(H,23,24)/b12-9+. The van der Waals surface area contributed by atoms with Crippen molar-refractivity contribution in [3.8, 4) is 0 Å². The molecule has 2 rings (SSSR count). The van der Waals surface area contributed by atoms with Gasteiger partial charge in [0.2, 0.25) is 11.8 Å². The zero-order valence-electron chi connectivity index (χ0n) is 14.0. The smallest absolute Gasteiger partial charge is 0.244 e. The molecular weight excluding hydrogens is 319 g/mol. The highest BCUT2D eigenvalue weighted by Crippen LogP contribution is 2.03. The van der Waals surface area contributed by atoms with Gasteiger partial charge in [0.15, 0.2) is 0 Å². The molecule has 0 aliphatic rings. The first-order valence-electron chi connectivity index (χ1n) is 8.10. The first-order chi connectivity index (χ1) is 12.0. The lowest BCUT2D eigenvalue weighted by Gasteiger charge is -2.13. The van der Waals surface area contributed by atoms with E-state index in [4.69, 9.17) is 0 Å².